The van der Waals surface area contributed by atoms with Crippen LogP contribution in [0.2, 0.25) is 0 Å². The van der Waals surface area contributed by atoms with Crippen LogP contribution >= 0.6 is 0 Å². The van der Waals surface area contributed by atoms with Gasteiger partial charge in [-0.3, -0.25) is 0 Å². The third kappa shape index (κ3) is 7.15. The Morgan fingerprint density at radius 3 is 2.32 bits per heavy atom. The molecular formula is C22H38N4O2. The summed E-state index contributed by atoms with van der Waals surface area (Å²) in [5.74, 6) is 0.788. The topological polar surface area (TPSA) is 75.2 Å². The number of fused-ring (bicyclic) bond motifs is 1. The lowest BCUT2D eigenvalue weighted by atomic mass is 10.0. The molecule has 0 fully saturated rings. The Labute approximate surface area is 170 Å². The van der Waals surface area contributed by atoms with Gasteiger partial charge in [0.15, 0.2) is 0 Å². The van der Waals surface area contributed by atoms with E-state index in [-0.39, 0.29) is 5.95 Å². The summed E-state index contributed by atoms with van der Waals surface area (Å²) >= 11 is 0. The van der Waals surface area contributed by atoms with Crippen LogP contribution in [0.3, 0.4) is 0 Å². The highest BCUT2D eigenvalue weighted by molar-refractivity contribution is 5.82. The van der Waals surface area contributed by atoms with Crippen molar-refractivity contribution in [2.24, 2.45) is 0 Å². The molecule has 2 aromatic rings. The molecule has 6 heteroatoms. The van der Waals surface area contributed by atoms with Crippen LogP contribution in [0.1, 0.15) is 72.3 Å². The molecule has 0 saturated heterocycles. The largest absolute Gasteiger partial charge is 0.473 e. The van der Waals surface area contributed by atoms with E-state index in [4.69, 9.17) is 15.2 Å². The maximum absolute atomic E-state index is 5.95. The third-order valence-corrected chi connectivity index (χ3v) is 4.48. The summed E-state index contributed by atoms with van der Waals surface area (Å²) in [5, 5.41) is 0.914. The Morgan fingerprint density at radius 2 is 1.71 bits per heavy atom. The number of hydrogen-bond donors (Lipinski definition) is 1. The molecule has 0 amide bonds. The molecule has 0 aliphatic carbocycles. The van der Waals surface area contributed by atoms with Gasteiger partial charge in [-0.1, -0.05) is 59.5 Å². The molecule has 28 heavy (non-hydrogen) atoms. The minimum absolute atomic E-state index is 0.248. The standard InChI is InChI=1S/C20H32N4O2.C2H6/c1-4-6-10-16(11-7-5-2)24-13-12-17-18(24)22-20(21)23-19(17)26-15-9-8-14-25-3;1-2/h8-9,12-13,16H,4-7,10-11,14-15H2,1-3H3,(H2,21,22,23);1-2H3/b9-8+;. The molecule has 0 spiro atoms. The van der Waals surface area contributed by atoms with E-state index < -0.39 is 0 Å². The highest BCUT2D eigenvalue weighted by Crippen LogP contribution is 2.30. The zero-order valence-electron chi connectivity index (χ0n) is 18.3. The van der Waals surface area contributed by atoms with E-state index in [1.165, 1.54) is 25.7 Å². The fourth-order valence-electron chi connectivity index (χ4n) is 3.09. The third-order valence-electron chi connectivity index (χ3n) is 4.48. The number of rotatable bonds is 12. The van der Waals surface area contributed by atoms with Crippen molar-refractivity contribution in [3.63, 3.8) is 0 Å². The van der Waals surface area contributed by atoms with E-state index in [0.717, 1.165) is 23.9 Å². The van der Waals surface area contributed by atoms with Gasteiger partial charge in [-0.05, 0) is 25.0 Å². The molecule has 0 bridgehead atoms. The summed E-state index contributed by atoms with van der Waals surface area (Å²) in [6.45, 7) is 9.45. The molecule has 2 heterocycles. The van der Waals surface area contributed by atoms with Gasteiger partial charge in [-0.25, -0.2) is 0 Å². The van der Waals surface area contributed by atoms with Gasteiger partial charge in [0, 0.05) is 19.3 Å². The molecule has 0 saturated carbocycles. The molecule has 0 unspecified atom stereocenters. The summed E-state index contributed by atoms with van der Waals surface area (Å²) in [7, 11) is 1.66. The van der Waals surface area contributed by atoms with E-state index >= 15 is 0 Å². The van der Waals surface area contributed by atoms with Gasteiger partial charge in [0.05, 0.1) is 12.0 Å². The van der Waals surface area contributed by atoms with Crippen molar-refractivity contribution < 1.29 is 9.47 Å². The fraction of sp³-hybridized carbons (Fsp3) is 0.636. The molecular weight excluding hydrogens is 352 g/mol. The number of ether oxygens (including phenoxy) is 2. The van der Waals surface area contributed by atoms with Crippen LogP contribution in [-0.4, -0.2) is 34.9 Å². The molecule has 2 aromatic heterocycles. The maximum Gasteiger partial charge on any atom is 0.228 e. The van der Waals surface area contributed by atoms with Crippen molar-refractivity contribution >= 4 is 17.0 Å². The molecule has 0 atom stereocenters. The van der Waals surface area contributed by atoms with Gasteiger partial charge in [-0.15, -0.1) is 0 Å². The van der Waals surface area contributed by atoms with E-state index in [1.807, 2.05) is 32.1 Å². The number of nitrogens with two attached hydrogens (primary N) is 1. The second-order valence-electron chi connectivity index (χ2n) is 6.52. The molecule has 2 rings (SSSR count). The van der Waals surface area contributed by atoms with Crippen LogP contribution in [0.25, 0.3) is 11.0 Å². The summed E-state index contributed by atoms with van der Waals surface area (Å²) < 4.78 is 13.1. The van der Waals surface area contributed by atoms with Crippen LogP contribution in [0.15, 0.2) is 24.4 Å². The first-order valence-electron chi connectivity index (χ1n) is 10.6. The Hall–Kier alpha value is -2.08. The molecule has 2 N–H and O–H groups in total. The first-order valence-corrected chi connectivity index (χ1v) is 10.6. The highest BCUT2D eigenvalue weighted by Gasteiger charge is 2.17. The van der Waals surface area contributed by atoms with Crippen LogP contribution < -0.4 is 10.5 Å². The number of hydrogen-bond acceptors (Lipinski definition) is 5. The van der Waals surface area contributed by atoms with Gasteiger partial charge < -0.3 is 19.8 Å². The summed E-state index contributed by atoms with van der Waals surface area (Å²) in [6.07, 6.45) is 13.0. The number of methoxy groups -OCH3 is 1. The minimum atomic E-state index is 0.248. The first-order chi connectivity index (χ1) is 13.7. The second kappa shape index (κ2) is 14.0. The lowest BCUT2D eigenvalue weighted by molar-refractivity contribution is 0.233. The summed E-state index contributed by atoms with van der Waals surface area (Å²) in [4.78, 5) is 8.78. The molecule has 0 aliphatic heterocycles. The van der Waals surface area contributed by atoms with Gasteiger partial charge in [-0.2, -0.15) is 9.97 Å². The van der Waals surface area contributed by atoms with E-state index in [1.54, 1.807) is 7.11 Å². The van der Waals surface area contributed by atoms with Gasteiger partial charge in [0.25, 0.3) is 0 Å². The van der Waals surface area contributed by atoms with Crippen molar-refractivity contribution in [3.8, 4) is 5.88 Å². The number of anilines is 1. The normalized spacial score (nSPS) is 11.2. The van der Waals surface area contributed by atoms with Crippen molar-refractivity contribution in [3.05, 3.63) is 24.4 Å². The Bertz CT molecular complexity index is 689. The van der Waals surface area contributed by atoms with Crippen LogP contribution in [0, 0.1) is 0 Å². The summed E-state index contributed by atoms with van der Waals surface area (Å²) in [5.41, 5.74) is 6.82. The summed E-state index contributed by atoms with van der Waals surface area (Å²) in [6, 6.07) is 2.48. The fourth-order valence-corrected chi connectivity index (χ4v) is 3.09. The van der Waals surface area contributed by atoms with Crippen molar-refractivity contribution in [2.45, 2.75) is 72.3 Å². The van der Waals surface area contributed by atoms with Crippen LogP contribution in [0.5, 0.6) is 5.88 Å². The van der Waals surface area contributed by atoms with Crippen LogP contribution in [-0.2, 0) is 4.74 Å². The molecule has 0 aliphatic rings. The lowest BCUT2D eigenvalue weighted by Gasteiger charge is -2.19. The number of nitrogen functional groups attached to an aromatic ring is 1. The molecule has 158 valence electrons. The minimum Gasteiger partial charge on any atom is -0.473 e. The Kier molecular flexibility index (Phi) is 12.0. The average Bonchev–Trinajstić information content (AvgIpc) is 3.13. The van der Waals surface area contributed by atoms with Crippen molar-refractivity contribution in [1.82, 2.24) is 14.5 Å². The van der Waals surface area contributed by atoms with Crippen molar-refractivity contribution in [1.29, 1.82) is 0 Å². The second-order valence-corrected chi connectivity index (χ2v) is 6.52. The molecule has 0 radical (unpaired) electrons. The van der Waals surface area contributed by atoms with E-state index in [0.29, 0.717) is 25.1 Å². The van der Waals surface area contributed by atoms with Crippen molar-refractivity contribution in [2.75, 3.05) is 26.1 Å². The zero-order chi connectivity index (χ0) is 20.8. The quantitative estimate of drug-likeness (QED) is 0.481. The van der Waals surface area contributed by atoms with Gasteiger partial charge in [0.1, 0.15) is 12.3 Å². The number of nitrogens with zero attached hydrogens (tertiary/aromatic N) is 3. The maximum atomic E-state index is 5.95. The molecule has 0 aromatic carbocycles. The predicted octanol–water partition coefficient (Wildman–Crippen LogP) is 5.54. The predicted molar refractivity (Wildman–Crippen MR) is 118 cm³/mol. The molecule has 6 nitrogen and oxygen atoms in total. The first kappa shape index (κ1) is 24.0. The highest BCUT2D eigenvalue weighted by atomic mass is 16.5. The van der Waals surface area contributed by atoms with Gasteiger partial charge in [0.2, 0.25) is 11.8 Å². The number of unbranched alkanes of at least 4 members (excludes halogenated alkanes) is 2. The Balaban J connectivity index is 0.00000190. The Morgan fingerprint density at radius 1 is 1.07 bits per heavy atom. The monoisotopic (exact) mass is 390 g/mol. The smallest absolute Gasteiger partial charge is 0.228 e. The zero-order valence-corrected chi connectivity index (χ0v) is 18.3. The van der Waals surface area contributed by atoms with E-state index in [9.17, 15) is 0 Å². The van der Waals surface area contributed by atoms with Crippen LogP contribution in [0.4, 0.5) is 5.95 Å². The van der Waals surface area contributed by atoms with Gasteiger partial charge >= 0.3 is 0 Å². The van der Waals surface area contributed by atoms with E-state index in [2.05, 4.69) is 34.6 Å². The average molecular weight is 391 g/mol. The number of aromatic nitrogens is 3. The lowest BCUT2D eigenvalue weighted by Crippen LogP contribution is -2.10. The SMILES string of the molecule is CC.CCCCC(CCCC)n1ccc2c(OC/C=C/COC)nc(N)nc21.